The highest BCUT2D eigenvalue weighted by Crippen LogP contribution is 2.42. The van der Waals surface area contributed by atoms with Gasteiger partial charge < -0.3 is 20.4 Å². The maximum absolute atomic E-state index is 9.91. The number of nitrogens with one attached hydrogen (secondary N) is 1. The van der Waals surface area contributed by atoms with E-state index in [2.05, 4.69) is 10.2 Å². The maximum Gasteiger partial charge on any atom is 0.123 e. The molecule has 3 rings (SSSR count). The molecule has 1 saturated carbocycles. The van der Waals surface area contributed by atoms with Crippen LogP contribution in [0.15, 0.2) is 18.2 Å². The summed E-state index contributed by atoms with van der Waals surface area (Å²) in [4.78, 5) is 2.68. The Kier molecular flexibility index (Phi) is 7.21. The highest BCUT2D eigenvalue weighted by atomic mass is 16.3. The molecule has 1 aliphatic carbocycles. The number of phenols is 2. The van der Waals surface area contributed by atoms with Crippen LogP contribution in [0.1, 0.15) is 69.8 Å². The van der Waals surface area contributed by atoms with E-state index in [0.717, 1.165) is 12.1 Å². The van der Waals surface area contributed by atoms with Crippen molar-refractivity contribution in [3.05, 3.63) is 23.8 Å². The molecule has 26 heavy (non-hydrogen) atoms. The number of hydrogen-bond acceptors (Lipinski definition) is 4. The first-order chi connectivity index (χ1) is 12.7. The largest absolute Gasteiger partial charge is 0.508 e. The van der Waals surface area contributed by atoms with Crippen LogP contribution in [-0.4, -0.2) is 41.3 Å². The summed E-state index contributed by atoms with van der Waals surface area (Å²) in [5, 5.41) is 22.8. The minimum absolute atomic E-state index is 0.116. The smallest absolute Gasteiger partial charge is 0.123 e. The van der Waals surface area contributed by atoms with Gasteiger partial charge in [0.15, 0.2) is 0 Å². The van der Waals surface area contributed by atoms with Gasteiger partial charge in [-0.1, -0.05) is 31.7 Å². The van der Waals surface area contributed by atoms with Crippen molar-refractivity contribution >= 4 is 0 Å². The molecule has 4 heteroatoms. The van der Waals surface area contributed by atoms with Crippen molar-refractivity contribution in [1.29, 1.82) is 0 Å². The number of aromatic hydroxyl groups is 2. The fourth-order valence-electron chi connectivity index (χ4n) is 4.78. The Morgan fingerprint density at radius 1 is 0.923 bits per heavy atom. The molecule has 1 aromatic carbocycles. The number of nitrogens with zero attached hydrogens (tertiary/aromatic N) is 1. The minimum atomic E-state index is 0.116. The van der Waals surface area contributed by atoms with Crippen LogP contribution in [0.2, 0.25) is 0 Å². The predicted molar refractivity (Wildman–Crippen MR) is 107 cm³/mol. The molecule has 0 bridgehead atoms. The van der Waals surface area contributed by atoms with Gasteiger partial charge in [0.2, 0.25) is 0 Å². The van der Waals surface area contributed by atoms with Gasteiger partial charge in [0, 0.05) is 18.2 Å². The van der Waals surface area contributed by atoms with Crippen molar-refractivity contribution in [2.45, 2.75) is 70.8 Å². The van der Waals surface area contributed by atoms with Gasteiger partial charge in [-0.05, 0) is 76.2 Å². The van der Waals surface area contributed by atoms with Crippen LogP contribution >= 0.6 is 0 Å². The Bertz CT molecular complexity index is 549. The van der Waals surface area contributed by atoms with Gasteiger partial charge in [0.25, 0.3) is 0 Å². The first-order valence-corrected chi connectivity index (χ1v) is 10.6. The van der Waals surface area contributed by atoms with Gasteiger partial charge in [-0.2, -0.15) is 0 Å². The van der Waals surface area contributed by atoms with Crippen LogP contribution in [0.25, 0.3) is 0 Å². The average molecular weight is 361 g/mol. The van der Waals surface area contributed by atoms with Crippen LogP contribution in [-0.2, 0) is 6.54 Å². The van der Waals surface area contributed by atoms with E-state index in [-0.39, 0.29) is 11.5 Å². The molecular weight excluding hydrogens is 324 g/mol. The molecule has 0 aromatic heterocycles. The zero-order chi connectivity index (χ0) is 18.2. The summed E-state index contributed by atoms with van der Waals surface area (Å²) in [7, 11) is 0. The molecule has 0 amide bonds. The molecule has 1 heterocycles. The number of benzene rings is 1. The molecule has 0 spiro atoms. The first-order valence-electron chi connectivity index (χ1n) is 10.6. The van der Waals surface area contributed by atoms with Crippen molar-refractivity contribution in [2.75, 3.05) is 26.2 Å². The van der Waals surface area contributed by atoms with Crippen LogP contribution in [0, 0.1) is 5.41 Å². The van der Waals surface area contributed by atoms with E-state index >= 15 is 0 Å². The van der Waals surface area contributed by atoms with Crippen LogP contribution < -0.4 is 5.32 Å². The summed E-state index contributed by atoms with van der Waals surface area (Å²) < 4.78 is 0. The molecule has 1 aromatic rings. The van der Waals surface area contributed by atoms with Crippen LogP contribution in [0.4, 0.5) is 0 Å². The summed E-state index contributed by atoms with van der Waals surface area (Å²) >= 11 is 0. The Balaban J connectivity index is 1.46. The zero-order valence-corrected chi connectivity index (χ0v) is 16.2. The number of phenolic OH excluding ortho intramolecular Hbond substituents is 2. The fourth-order valence-corrected chi connectivity index (χ4v) is 4.78. The molecule has 1 aliphatic heterocycles. The number of hydrogen-bond donors (Lipinski definition) is 3. The minimum Gasteiger partial charge on any atom is -0.508 e. The lowest BCUT2D eigenvalue weighted by atomic mass is 9.69. The second-order valence-electron chi connectivity index (χ2n) is 8.45. The van der Waals surface area contributed by atoms with Gasteiger partial charge >= 0.3 is 0 Å². The van der Waals surface area contributed by atoms with Crippen molar-refractivity contribution in [3.63, 3.8) is 0 Å². The molecule has 0 radical (unpaired) electrons. The molecular formula is C22H36N2O2. The Labute approximate surface area is 158 Å². The third kappa shape index (κ3) is 5.62. The standard InChI is InChI=1S/C22H36N2O2/c25-20-8-7-19(21(26)17-20)18-23-13-11-22(9-3-1-4-10-22)12-16-24-14-5-2-6-15-24/h7-8,17,23,25-26H,1-6,9-16,18H2. The van der Waals surface area contributed by atoms with Crippen molar-refractivity contribution in [2.24, 2.45) is 5.41 Å². The maximum atomic E-state index is 9.91. The lowest BCUT2D eigenvalue weighted by Gasteiger charge is -2.40. The van der Waals surface area contributed by atoms with E-state index in [1.54, 1.807) is 12.1 Å². The number of likely N-dealkylation sites (tertiary alicyclic amines) is 1. The zero-order valence-electron chi connectivity index (χ0n) is 16.2. The summed E-state index contributed by atoms with van der Waals surface area (Å²) in [6.07, 6.45) is 13.7. The Morgan fingerprint density at radius 3 is 2.38 bits per heavy atom. The van der Waals surface area contributed by atoms with Gasteiger partial charge in [-0.15, -0.1) is 0 Å². The van der Waals surface area contributed by atoms with E-state index in [9.17, 15) is 10.2 Å². The summed E-state index contributed by atoms with van der Waals surface area (Å²) in [6.45, 7) is 5.54. The summed E-state index contributed by atoms with van der Waals surface area (Å²) in [6, 6.07) is 4.85. The van der Waals surface area contributed by atoms with Crippen molar-refractivity contribution in [1.82, 2.24) is 10.2 Å². The van der Waals surface area contributed by atoms with E-state index in [0.29, 0.717) is 12.0 Å². The topological polar surface area (TPSA) is 55.7 Å². The summed E-state index contributed by atoms with van der Waals surface area (Å²) in [5.74, 6) is 0.292. The van der Waals surface area contributed by atoms with E-state index in [1.807, 2.05) is 0 Å². The van der Waals surface area contributed by atoms with Gasteiger partial charge in [-0.3, -0.25) is 0 Å². The Morgan fingerprint density at radius 2 is 1.65 bits per heavy atom. The third-order valence-electron chi connectivity index (χ3n) is 6.54. The van der Waals surface area contributed by atoms with Gasteiger partial charge in [-0.25, -0.2) is 0 Å². The van der Waals surface area contributed by atoms with Crippen LogP contribution in [0.5, 0.6) is 11.5 Å². The predicted octanol–water partition coefficient (Wildman–Crippen LogP) is 4.40. The van der Waals surface area contributed by atoms with Crippen LogP contribution in [0.3, 0.4) is 0 Å². The highest BCUT2D eigenvalue weighted by molar-refractivity contribution is 5.38. The van der Waals surface area contributed by atoms with Crippen molar-refractivity contribution < 1.29 is 10.2 Å². The SMILES string of the molecule is Oc1ccc(CNCCC2(CCN3CCCCC3)CCCCC2)c(O)c1. The number of rotatable bonds is 8. The Hall–Kier alpha value is -1.26. The van der Waals surface area contributed by atoms with E-state index < -0.39 is 0 Å². The second-order valence-corrected chi connectivity index (χ2v) is 8.45. The average Bonchev–Trinajstić information content (AvgIpc) is 2.67. The quantitative estimate of drug-likeness (QED) is 0.601. The lowest BCUT2D eigenvalue weighted by Crippen LogP contribution is -2.36. The van der Waals surface area contributed by atoms with Crippen molar-refractivity contribution in [3.8, 4) is 11.5 Å². The van der Waals surface area contributed by atoms with E-state index in [4.69, 9.17) is 0 Å². The first kappa shape index (κ1) is 19.5. The molecule has 146 valence electrons. The normalized spacial score (nSPS) is 20.9. The summed E-state index contributed by atoms with van der Waals surface area (Å²) in [5.41, 5.74) is 1.37. The third-order valence-corrected chi connectivity index (χ3v) is 6.54. The molecule has 2 fully saturated rings. The highest BCUT2D eigenvalue weighted by Gasteiger charge is 2.31. The van der Waals surface area contributed by atoms with Gasteiger partial charge in [0.05, 0.1) is 0 Å². The molecule has 0 atom stereocenters. The van der Waals surface area contributed by atoms with Gasteiger partial charge in [0.1, 0.15) is 11.5 Å². The molecule has 4 nitrogen and oxygen atoms in total. The molecule has 3 N–H and O–H groups in total. The molecule has 2 aliphatic rings. The number of piperidine rings is 1. The fraction of sp³-hybridized carbons (Fsp3) is 0.727. The monoisotopic (exact) mass is 360 g/mol. The second kappa shape index (κ2) is 9.61. The molecule has 1 saturated heterocycles. The molecule has 0 unspecified atom stereocenters. The lowest BCUT2D eigenvalue weighted by molar-refractivity contribution is 0.119. The van der Waals surface area contributed by atoms with E-state index in [1.165, 1.54) is 89.9 Å².